The largest absolute Gasteiger partial charge is 0.377 e. The van der Waals surface area contributed by atoms with Crippen molar-refractivity contribution in [2.24, 2.45) is 5.14 Å². The minimum absolute atomic E-state index is 0.0629. The van der Waals surface area contributed by atoms with Crippen LogP contribution < -0.4 is 10.5 Å². The third-order valence-corrected chi connectivity index (χ3v) is 4.00. The number of primary sulfonamides is 1. The number of sulfonamides is 1. The van der Waals surface area contributed by atoms with Crippen molar-refractivity contribution in [3.8, 4) is 0 Å². The Labute approximate surface area is 125 Å². The molecule has 0 aromatic carbocycles. The second kappa shape index (κ2) is 6.59. The summed E-state index contributed by atoms with van der Waals surface area (Å²) in [5.74, 6) is -0.358. The maximum absolute atomic E-state index is 12.2. The summed E-state index contributed by atoms with van der Waals surface area (Å²) in [7, 11) is -2.27. The van der Waals surface area contributed by atoms with Gasteiger partial charge in [-0.15, -0.1) is 0 Å². The molecule has 3 N–H and O–H groups in total. The van der Waals surface area contributed by atoms with E-state index in [1.165, 1.54) is 12.3 Å². The average molecular weight is 317 g/mol. The fraction of sp³-hybridized carbons (Fsp3) is 0.615. The smallest absolute Gasteiger partial charge is 0.268 e. The first kappa shape index (κ1) is 17.7. The van der Waals surface area contributed by atoms with Gasteiger partial charge in [0.25, 0.3) is 5.91 Å². The molecule has 0 saturated heterocycles. The van der Waals surface area contributed by atoms with Gasteiger partial charge >= 0.3 is 0 Å². The molecule has 0 bridgehead atoms. The predicted molar refractivity (Wildman–Crippen MR) is 79.5 cm³/mol. The summed E-state index contributed by atoms with van der Waals surface area (Å²) in [6.45, 7) is 6.46. The molecule has 0 radical (unpaired) electrons. The lowest BCUT2D eigenvalue weighted by Crippen LogP contribution is -2.40. The number of nitrogens with one attached hydrogen (secondary N) is 1. The van der Waals surface area contributed by atoms with Crippen LogP contribution in [0.15, 0.2) is 17.2 Å². The number of methoxy groups -OCH3 is 1. The number of rotatable bonds is 7. The molecule has 0 aliphatic carbocycles. The standard InChI is InChI=1S/C13H23N3O4S/c1-5-6-16-8-10(21(14,18)19)7-11(16)12(17)15-9-13(2,3)20-4/h7-8H,5-6,9H2,1-4H3,(H,15,17)(H2,14,18,19). The Bertz CT molecular complexity index is 605. The van der Waals surface area contributed by atoms with Crippen LogP contribution in [0.4, 0.5) is 0 Å². The molecule has 1 amide bonds. The van der Waals surface area contributed by atoms with Crippen molar-refractivity contribution in [2.45, 2.75) is 44.2 Å². The average Bonchev–Trinajstić information content (AvgIpc) is 2.81. The van der Waals surface area contributed by atoms with Gasteiger partial charge in [0, 0.05) is 26.4 Å². The number of carbonyl (C=O) groups is 1. The maximum atomic E-state index is 12.2. The van der Waals surface area contributed by atoms with Gasteiger partial charge in [0.2, 0.25) is 10.0 Å². The first-order valence-corrected chi connectivity index (χ1v) is 8.21. The zero-order valence-corrected chi connectivity index (χ0v) is 13.7. The highest BCUT2D eigenvalue weighted by molar-refractivity contribution is 7.89. The number of nitrogens with zero attached hydrogens (tertiary/aromatic N) is 1. The molecule has 0 saturated carbocycles. The maximum Gasteiger partial charge on any atom is 0.268 e. The first-order valence-electron chi connectivity index (χ1n) is 6.67. The van der Waals surface area contributed by atoms with E-state index in [0.717, 1.165) is 6.42 Å². The highest BCUT2D eigenvalue weighted by Gasteiger charge is 2.22. The zero-order valence-electron chi connectivity index (χ0n) is 12.8. The van der Waals surface area contributed by atoms with Crippen LogP contribution in [0.3, 0.4) is 0 Å². The molecule has 8 heteroatoms. The topological polar surface area (TPSA) is 103 Å². The molecule has 1 aromatic rings. The van der Waals surface area contributed by atoms with E-state index in [-0.39, 0.29) is 16.5 Å². The summed E-state index contributed by atoms with van der Waals surface area (Å²) >= 11 is 0. The molecular formula is C13H23N3O4S. The van der Waals surface area contributed by atoms with Gasteiger partial charge in [0.05, 0.1) is 5.60 Å². The summed E-state index contributed by atoms with van der Waals surface area (Å²) < 4.78 is 29.6. The Morgan fingerprint density at radius 1 is 1.48 bits per heavy atom. The fourth-order valence-corrected chi connectivity index (χ4v) is 2.26. The molecule has 120 valence electrons. The summed E-state index contributed by atoms with van der Waals surface area (Å²) in [4.78, 5) is 12.2. The van der Waals surface area contributed by atoms with Gasteiger partial charge in [-0.2, -0.15) is 0 Å². The lowest BCUT2D eigenvalue weighted by Gasteiger charge is -2.23. The minimum atomic E-state index is -3.83. The van der Waals surface area contributed by atoms with Crippen molar-refractivity contribution in [1.29, 1.82) is 0 Å². The molecule has 0 aliphatic heterocycles. The molecule has 0 aliphatic rings. The molecule has 21 heavy (non-hydrogen) atoms. The number of ether oxygens (including phenoxy) is 1. The van der Waals surface area contributed by atoms with Crippen LogP contribution >= 0.6 is 0 Å². The van der Waals surface area contributed by atoms with Crippen LogP contribution in [0.2, 0.25) is 0 Å². The molecule has 0 unspecified atom stereocenters. The normalized spacial score (nSPS) is 12.4. The Hall–Kier alpha value is -1.38. The zero-order chi connectivity index (χ0) is 16.3. The summed E-state index contributed by atoms with van der Waals surface area (Å²) in [6.07, 6.45) is 2.15. The van der Waals surface area contributed by atoms with E-state index >= 15 is 0 Å². The van der Waals surface area contributed by atoms with Crippen LogP contribution in [0.1, 0.15) is 37.7 Å². The van der Waals surface area contributed by atoms with E-state index in [1.54, 1.807) is 11.7 Å². The van der Waals surface area contributed by atoms with E-state index < -0.39 is 15.6 Å². The number of nitrogens with two attached hydrogens (primary N) is 1. The van der Waals surface area contributed by atoms with E-state index in [1.807, 2.05) is 20.8 Å². The molecule has 0 fully saturated rings. The van der Waals surface area contributed by atoms with E-state index in [9.17, 15) is 13.2 Å². The Kier molecular flexibility index (Phi) is 5.54. The molecule has 0 spiro atoms. The SMILES string of the molecule is CCCn1cc(S(N)(=O)=O)cc1C(=O)NCC(C)(C)OC. The number of carbonyl (C=O) groups excluding carboxylic acids is 1. The van der Waals surface area contributed by atoms with Crippen molar-refractivity contribution in [2.75, 3.05) is 13.7 Å². The van der Waals surface area contributed by atoms with E-state index in [4.69, 9.17) is 9.88 Å². The number of aryl methyl sites for hydroxylation is 1. The van der Waals surface area contributed by atoms with Crippen molar-refractivity contribution in [3.05, 3.63) is 18.0 Å². The summed E-state index contributed by atoms with van der Waals surface area (Å²) in [5.41, 5.74) is -0.228. The minimum Gasteiger partial charge on any atom is -0.377 e. The van der Waals surface area contributed by atoms with E-state index in [2.05, 4.69) is 5.32 Å². The highest BCUT2D eigenvalue weighted by atomic mass is 32.2. The van der Waals surface area contributed by atoms with Gasteiger partial charge < -0.3 is 14.6 Å². The second-order valence-corrected chi connectivity index (χ2v) is 7.01. The van der Waals surface area contributed by atoms with Gasteiger partial charge in [-0.25, -0.2) is 13.6 Å². The van der Waals surface area contributed by atoms with Crippen LogP contribution in [-0.2, 0) is 21.3 Å². The highest BCUT2D eigenvalue weighted by Crippen LogP contribution is 2.14. The fourth-order valence-electron chi connectivity index (χ4n) is 1.71. The number of hydrogen-bond acceptors (Lipinski definition) is 4. The second-order valence-electron chi connectivity index (χ2n) is 5.45. The van der Waals surface area contributed by atoms with Crippen molar-refractivity contribution in [3.63, 3.8) is 0 Å². The van der Waals surface area contributed by atoms with Gasteiger partial charge in [-0.1, -0.05) is 6.92 Å². The number of amides is 1. The molecule has 0 atom stereocenters. The van der Waals surface area contributed by atoms with Crippen LogP contribution in [0.25, 0.3) is 0 Å². The molecule has 1 aromatic heterocycles. The lowest BCUT2D eigenvalue weighted by molar-refractivity contribution is 0.0227. The van der Waals surface area contributed by atoms with Crippen LogP contribution in [0.5, 0.6) is 0 Å². The summed E-state index contributed by atoms with van der Waals surface area (Å²) in [6, 6.07) is 1.29. The molecule has 1 rings (SSSR count). The molecular weight excluding hydrogens is 294 g/mol. The van der Waals surface area contributed by atoms with Crippen molar-refractivity contribution in [1.82, 2.24) is 9.88 Å². The third kappa shape index (κ3) is 4.83. The Morgan fingerprint density at radius 3 is 2.57 bits per heavy atom. The van der Waals surface area contributed by atoms with Crippen LogP contribution in [0, 0.1) is 0 Å². The molecule has 1 heterocycles. The van der Waals surface area contributed by atoms with Crippen LogP contribution in [-0.4, -0.2) is 38.1 Å². The third-order valence-electron chi connectivity index (χ3n) is 3.12. The van der Waals surface area contributed by atoms with Gasteiger partial charge in [0.15, 0.2) is 0 Å². The monoisotopic (exact) mass is 317 g/mol. The number of hydrogen-bond donors (Lipinski definition) is 2. The van der Waals surface area contributed by atoms with Crippen molar-refractivity contribution < 1.29 is 17.9 Å². The molecule has 7 nitrogen and oxygen atoms in total. The van der Waals surface area contributed by atoms with Crippen molar-refractivity contribution >= 4 is 15.9 Å². The number of aromatic nitrogens is 1. The first-order chi connectivity index (χ1) is 9.60. The Morgan fingerprint density at radius 2 is 2.10 bits per heavy atom. The van der Waals surface area contributed by atoms with Gasteiger partial charge in [-0.3, -0.25) is 4.79 Å². The quantitative estimate of drug-likeness (QED) is 0.772. The van der Waals surface area contributed by atoms with Gasteiger partial charge in [0.1, 0.15) is 10.6 Å². The van der Waals surface area contributed by atoms with Gasteiger partial charge in [-0.05, 0) is 26.3 Å². The van der Waals surface area contributed by atoms with E-state index in [0.29, 0.717) is 13.1 Å². The summed E-state index contributed by atoms with van der Waals surface area (Å²) in [5, 5.41) is 7.84. The predicted octanol–water partition coefficient (Wildman–Crippen LogP) is 0.700. The lowest BCUT2D eigenvalue weighted by atomic mass is 10.1. The Balaban J connectivity index is 3.00.